The van der Waals surface area contributed by atoms with Crippen molar-refractivity contribution < 1.29 is 14.4 Å². The summed E-state index contributed by atoms with van der Waals surface area (Å²) >= 11 is 0. The number of piperidine rings is 1. The van der Waals surface area contributed by atoms with E-state index >= 15 is 0 Å². The van der Waals surface area contributed by atoms with Crippen molar-refractivity contribution in [2.75, 3.05) is 27.2 Å². The van der Waals surface area contributed by atoms with Gasteiger partial charge in [0.25, 0.3) is 0 Å². The first kappa shape index (κ1) is 30.1. The van der Waals surface area contributed by atoms with Crippen molar-refractivity contribution in [2.45, 2.75) is 105 Å². The average Bonchev–Trinajstić information content (AvgIpc) is 2.79. The summed E-state index contributed by atoms with van der Waals surface area (Å²) < 4.78 is 0. The summed E-state index contributed by atoms with van der Waals surface area (Å²) in [5.41, 5.74) is 0.614. The minimum Gasteiger partial charge on any atom is -0.352 e. The van der Waals surface area contributed by atoms with Gasteiger partial charge in [0.05, 0.1) is 12.1 Å². The first-order valence-corrected chi connectivity index (χ1v) is 13.2. The number of likely N-dealkylation sites (tertiary alicyclic amines) is 1. The Hall–Kier alpha value is -1.89. The monoisotopic (exact) mass is 478 g/mol. The van der Waals surface area contributed by atoms with Crippen LogP contribution in [0.2, 0.25) is 0 Å². The SMILES string of the molecule is CCCCCCNC(=O)/C(C)=C/C(C(C)C)N(C)C(=O)C(NC(=O)[C@H]1CCCCN1C)C(C)C. The van der Waals surface area contributed by atoms with Crippen LogP contribution in [0.4, 0.5) is 0 Å². The van der Waals surface area contributed by atoms with Crippen LogP contribution in [0, 0.1) is 11.8 Å². The Labute approximate surface area is 208 Å². The molecule has 0 aromatic heterocycles. The molecule has 0 bridgehead atoms. The van der Waals surface area contributed by atoms with Crippen molar-refractivity contribution in [1.29, 1.82) is 0 Å². The van der Waals surface area contributed by atoms with Gasteiger partial charge in [-0.2, -0.15) is 0 Å². The number of unbranched alkanes of at least 4 members (excludes halogenated alkanes) is 3. The van der Waals surface area contributed by atoms with Gasteiger partial charge in [0, 0.05) is 19.2 Å². The maximum atomic E-state index is 13.5. The molecule has 7 nitrogen and oxygen atoms in total. The second kappa shape index (κ2) is 15.2. The number of nitrogens with one attached hydrogen (secondary N) is 2. The third-order valence-electron chi connectivity index (χ3n) is 6.88. The Morgan fingerprint density at radius 2 is 1.74 bits per heavy atom. The summed E-state index contributed by atoms with van der Waals surface area (Å²) in [5, 5.41) is 6.03. The smallest absolute Gasteiger partial charge is 0.246 e. The number of amides is 3. The topological polar surface area (TPSA) is 81.8 Å². The van der Waals surface area contributed by atoms with Crippen molar-refractivity contribution in [3.63, 3.8) is 0 Å². The Morgan fingerprint density at radius 1 is 1.06 bits per heavy atom. The molecule has 2 N–H and O–H groups in total. The van der Waals surface area contributed by atoms with E-state index in [1.165, 1.54) is 12.8 Å². The molecule has 7 heteroatoms. The van der Waals surface area contributed by atoms with Gasteiger partial charge in [-0.15, -0.1) is 0 Å². The van der Waals surface area contributed by atoms with Crippen LogP contribution in [0.15, 0.2) is 11.6 Å². The van der Waals surface area contributed by atoms with Crippen LogP contribution < -0.4 is 10.6 Å². The molecule has 3 atom stereocenters. The van der Waals surface area contributed by atoms with E-state index in [-0.39, 0.29) is 41.6 Å². The molecule has 1 fully saturated rings. The predicted octanol–water partition coefficient (Wildman–Crippen LogP) is 3.74. The van der Waals surface area contributed by atoms with Crippen LogP contribution in [-0.4, -0.2) is 72.8 Å². The van der Waals surface area contributed by atoms with Crippen LogP contribution in [0.25, 0.3) is 0 Å². The van der Waals surface area contributed by atoms with Crippen molar-refractivity contribution in [2.24, 2.45) is 11.8 Å². The van der Waals surface area contributed by atoms with Gasteiger partial charge in [-0.25, -0.2) is 0 Å². The van der Waals surface area contributed by atoms with Crippen LogP contribution in [0.1, 0.15) is 86.5 Å². The fraction of sp³-hybridized carbons (Fsp3) is 0.815. The standard InChI is InChI=1S/C27H50N4O3/c1-9-10-11-13-16-28-25(32)21(6)18-23(19(2)3)31(8)27(34)24(20(4)5)29-26(33)22-15-12-14-17-30(22)7/h18-20,22-24H,9-17H2,1-8H3,(H,28,32)(H,29,33)/b21-18+/t22-,23?,24?/m1/s1. The van der Waals surface area contributed by atoms with Crippen LogP contribution in [0.3, 0.4) is 0 Å². The maximum Gasteiger partial charge on any atom is 0.246 e. The molecule has 0 radical (unpaired) electrons. The van der Waals surface area contributed by atoms with Crippen molar-refractivity contribution >= 4 is 17.7 Å². The van der Waals surface area contributed by atoms with E-state index < -0.39 is 6.04 Å². The summed E-state index contributed by atoms with van der Waals surface area (Å²) in [5.74, 6) is -0.203. The van der Waals surface area contributed by atoms with Gasteiger partial charge in [-0.3, -0.25) is 19.3 Å². The molecule has 0 spiro atoms. The lowest BCUT2D eigenvalue weighted by atomic mass is 9.96. The molecule has 34 heavy (non-hydrogen) atoms. The number of nitrogens with zero attached hydrogens (tertiary/aromatic N) is 2. The van der Waals surface area contributed by atoms with E-state index in [4.69, 9.17) is 0 Å². The van der Waals surface area contributed by atoms with E-state index in [9.17, 15) is 14.4 Å². The fourth-order valence-electron chi connectivity index (χ4n) is 4.51. The number of rotatable bonds is 13. The summed E-state index contributed by atoms with van der Waals surface area (Å²) in [7, 11) is 3.74. The highest BCUT2D eigenvalue weighted by atomic mass is 16.2. The molecule has 0 aromatic carbocycles. The summed E-state index contributed by atoms with van der Waals surface area (Å²) in [6, 6.07) is -1.03. The lowest BCUT2D eigenvalue weighted by Crippen LogP contribution is -2.57. The van der Waals surface area contributed by atoms with E-state index in [1.54, 1.807) is 18.9 Å². The van der Waals surface area contributed by atoms with E-state index in [1.807, 2.05) is 40.8 Å². The highest BCUT2D eigenvalue weighted by Gasteiger charge is 2.34. The summed E-state index contributed by atoms with van der Waals surface area (Å²) in [6.45, 7) is 13.5. The predicted molar refractivity (Wildman–Crippen MR) is 139 cm³/mol. The van der Waals surface area contributed by atoms with E-state index in [0.717, 1.165) is 38.6 Å². The molecular weight excluding hydrogens is 428 g/mol. The molecule has 196 valence electrons. The number of hydrogen-bond acceptors (Lipinski definition) is 4. The first-order valence-electron chi connectivity index (χ1n) is 13.2. The molecule has 0 aliphatic carbocycles. The molecule has 2 unspecified atom stereocenters. The molecule has 0 aromatic rings. The third kappa shape index (κ3) is 9.40. The Kier molecular flexibility index (Phi) is 13.5. The minimum atomic E-state index is -0.602. The van der Waals surface area contributed by atoms with Gasteiger partial charge < -0.3 is 15.5 Å². The average molecular weight is 479 g/mol. The molecule has 1 saturated heterocycles. The zero-order chi connectivity index (χ0) is 25.8. The highest BCUT2D eigenvalue weighted by molar-refractivity contribution is 5.93. The molecule has 1 aliphatic heterocycles. The van der Waals surface area contributed by atoms with Gasteiger partial charge in [0.15, 0.2) is 0 Å². The number of carbonyl (C=O) groups is 3. The normalized spacial score (nSPS) is 19.1. The second-order valence-corrected chi connectivity index (χ2v) is 10.6. The molecule has 3 amide bonds. The van der Waals surface area contributed by atoms with Crippen molar-refractivity contribution in [3.05, 3.63) is 11.6 Å². The van der Waals surface area contributed by atoms with Crippen LogP contribution >= 0.6 is 0 Å². The van der Waals surface area contributed by atoms with Crippen LogP contribution in [-0.2, 0) is 14.4 Å². The van der Waals surface area contributed by atoms with Gasteiger partial charge in [0.2, 0.25) is 17.7 Å². The molecule has 1 aliphatic rings. The maximum absolute atomic E-state index is 13.5. The summed E-state index contributed by atoms with van der Waals surface area (Å²) in [6.07, 6.45) is 9.27. The Balaban J connectivity index is 2.88. The molecule has 0 saturated carbocycles. The molecule has 1 rings (SSSR count). The molecular formula is C27H50N4O3. The van der Waals surface area contributed by atoms with Crippen LogP contribution in [0.5, 0.6) is 0 Å². The Morgan fingerprint density at radius 3 is 2.29 bits per heavy atom. The quantitative estimate of drug-likeness (QED) is 0.312. The van der Waals surface area contributed by atoms with Crippen molar-refractivity contribution in [1.82, 2.24) is 20.4 Å². The number of hydrogen-bond donors (Lipinski definition) is 2. The van der Waals surface area contributed by atoms with Gasteiger partial charge in [-0.1, -0.05) is 66.4 Å². The number of likely N-dealkylation sites (N-methyl/N-ethyl adjacent to an activating group) is 2. The zero-order valence-corrected chi connectivity index (χ0v) is 22.9. The summed E-state index contributed by atoms with van der Waals surface area (Å²) in [4.78, 5) is 42.9. The van der Waals surface area contributed by atoms with Gasteiger partial charge in [-0.05, 0) is 51.6 Å². The van der Waals surface area contributed by atoms with Gasteiger partial charge in [0.1, 0.15) is 6.04 Å². The fourth-order valence-corrected chi connectivity index (χ4v) is 4.51. The van der Waals surface area contributed by atoms with E-state index in [2.05, 4.69) is 22.5 Å². The number of carbonyl (C=O) groups excluding carboxylic acids is 3. The lowest BCUT2D eigenvalue weighted by molar-refractivity contribution is -0.139. The minimum absolute atomic E-state index is 0.0443. The second-order valence-electron chi connectivity index (χ2n) is 10.6. The molecule has 1 heterocycles. The highest BCUT2D eigenvalue weighted by Crippen LogP contribution is 2.19. The zero-order valence-electron chi connectivity index (χ0n) is 22.9. The van der Waals surface area contributed by atoms with E-state index in [0.29, 0.717) is 12.1 Å². The Bertz CT molecular complexity index is 689. The first-order chi connectivity index (χ1) is 16.0. The third-order valence-corrected chi connectivity index (χ3v) is 6.88. The lowest BCUT2D eigenvalue weighted by Gasteiger charge is -2.36. The largest absolute Gasteiger partial charge is 0.352 e. The van der Waals surface area contributed by atoms with Gasteiger partial charge >= 0.3 is 0 Å². The van der Waals surface area contributed by atoms with Crippen molar-refractivity contribution in [3.8, 4) is 0 Å².